The predicted octanol–water partition coefficient (Wildman–Crippen LogP) is 6.03. The Labute approximate surface area is 341 Å². The number of carbonyl (C=O) groups is 3. The van der Waals surface area contributed by atoms with E-state index in [0.29, 0.717) is 44.5 Å². The van der Waals surface area contributed by atoms with Gasteiger partial charge in [-0.25, -0.2) is 19.2 Å². The van der Waals surface area contributed by atoms with Crippen LogP contribution in [-0.4, -0.2) is 93.9 Å². The molecule has 3 aliphatic heterocycles. The molecule has 300 valence electrons. The predicted molar refractivity (Wildman–Crippen MR) is 214 cm³/mol. The summed E-state index contributed by atoms with van der Waals surface area (Å²) in [6, 6.07) is 9.57. The molecule has 17 heteroatoms. The Kier molecular flexibility index (Phi) is 12.4. The molecule has 1 saturated carbocycles. The van der Waals surface area contributed by atoms with Crippen molar-refractivity contribution in [2.75, 3.05) is 49.1 Å². The SMILES string of the molecule is Cl.N#Cc1ccc(O[C@H]2CC[C@H](NC(=O)c3cnc(N4CCC(CN5CCC(n6ncc7c(N8CCC(=O)NC8=O)cc(F)cc76)CC5)CC4)cn3)CC2)cc1Cl. The summed E-state index contributed by atoms with van der Waals surface area (Å²) in [6.45, 7) is 4.80. The highest BCUT2D eigenvalue weighted by Crippen LogP contribution is 2.34. The number of rotatable bonds is 9. The molecule has 0 spiro atoms. The summed E-state index contributed by atoms with van der Waals surface area (Å²) < 4.78 is 22.8. The lowest BCUT2D eigenvalue weighted by molar-refractivity contribution is -0.120. The van der Waals surface area contributed by atoms with Gasteiger partial charge in [0.15, 0.2) is 0 Å². The van der Waals surface area contributed by atoms with Gasteiger partial charge in [0.2, 0.25) is 5.91 Å². The fourth-order valence-electron chi connectivity index (χ4n) is 8.50. The van der Waals surface area contributed by atoms with Crippen LogP contribution in [0.5, 0.6) is 5.75 Å². The maximum atomic E-state index is 14.8. The second-order valence-electron chi connectivity index (χ2n) is 15.2. The van der Waals surface area contributed by atoms with Crippen molar-refractivity contribution in [2.24, 2.45) is 5.92 Å². The normalized spacial score (nSPS) is 21.1. The molecule has 2 aromatic heterocycles. The van der Waals surface area contributed by atoms with Gasteiger partial charge in [-0.1, -0.05) is 11.6 Å². The summed E-state index contributed by atoms with van der Waals surface area (Å²) in [4.78, 5) is 52.4. The van der Waals surface area contributed by atoms with Crippen LogP contribution in [0.4, 0.5) is 20.7 Å². The number of ether oxygens (including phenoxy) is 1. The van der Waals surface area contributed by atoms with E-state index in [1.165, 1.54) is 17.0 Å². The lowest BCUT2D eigenvalue weighted by atomic mass is 9.93. The first-order chi connectivity index (χ1) is 27.2. The van der Waals surface area contributed by atoms with Crippen molar-refractivity contribution in [1.82, 2.24) is 35.3 Å². The third-order valence-corrected chi connectivity index (χ3v) is 11.9. The van der Waals surface area contributed by atoms with Crippen LogP contribution >= 0.6 is 24.0 Å². The van der Waals surface area contributed by atoms with Crippen LogP contribution in [-0.2, 0) is 4.79 Å². The van der Waals surface area contributed by atoms with E-state index in [1.807, 2.05) is 4.68 Å². The van der Waals surface area contributed by atoms with E-state index < -0.39 is 11.8 Å². The highest BCUT2D eigenvalue weighted by atomic mass is 35.5. The Bertz CT molecular complexity index is 2140. The van der Waals surface area contributed by atoms with Crippen molar-refractivity contribution in [3.63, 3.8) is 0 Å². The van der Waals surface area contributed by atoms with E-state index in [0.717, 1.165) is 89.9 Å². The zero-order chi connectivity index (χ0) is 38.8. The fraction of sp³-hybridized carbons (Fsp3) is 0.475. The Hall–Kier alpha value is -5.04. The molecule has 4 fully saturated rings. The molecule has 1 aliphatic carbocycles. The molecule has 4 amide bonds. The monoisotopic (exact) mass is 818 g/mol. The maximum absolute atomic E-state index is 14.8. The van der Waals surface area contributed by atoms with E-state index in [9.17, 15) is 18.8 Å². The van der Waals surface area contributed by atoms with E-state index in [-0.39, 0.29) is 55.4 Å². The molecular formula is C40H45Cl2FN10O4. The highest BCUT2D eigenvalue weighted by molar-refractivity contribution is 6.31. The average Bonchev–Trinajstić information content (AvgIpc) is 3.63. The van der Waals surface area contributed by atoms with Crippen LogP contribution in [0.2, 0.25) is 5.02 Å². The number of nitriles is 1. The minimum atomic E-state index is -0.544. The Balaban J connectivity index is 0.00000496. The van der Waals surface area contributed by atoms with Gasteiger partial charge in [0.05, 0.1) is 52.5 Å². The van der Waals surface area contributed by atoms with E-state index >= 15 is 0 Å². The average molecular weight is 820 g/mol. The molecular weight excluding hydrogens is 774 g/mol. The molecule has 8 rings (SSSR count). The number of halogens is 3. The number of likely N-dealkylation sites (tertiary alicyclic amines) is 1. The van der Waals surface area contributed by atoms with Gasteiger partial charge in [-0.2, -0.15) is 10.4 Å². The number of piperidine rings is 2. The third-order valence-electron chi connectivity index (χ3n) is 11.6. The third kappa shape index (κ3) is 9.08. The second kappa shape index (κ2) is 17.6. The van der Waals surface area contributed by atoms with E-state index in [1.54, 1.807) is 36.8 Å². The number of benzene rings is 2. The number of nitrogens with one attached hydrogen (secondary N) is 2. The second-order valence-corrected chi connectivity index (χ2v) is 15.6. The lowest BCUT2D eigenvalue weighted by Gasteiger charge is -2.38. The van der Waals surface area contributed by atoms with Crippen molar-refractivity contribution in [2.45, 2.75) is 76.0 Å². The summed E-state index contributed by atoms with van der Waals surface area (Å²) in [7, 11) is 0. The number of imide groups is 1. The molecule has 0 atom stereocenters. The number of aromatic nitrogens is 4. The quantitative estimate of drug-likeness (QED) is 0.204. The van der Waals surface area contributed by atoms with E-state index in [4.69, 9.17) is 21.6 Å². The van der Waals surface area contributed by atoms with Crippen molar-refractivity contribution >= 4 is 64.3 Å². The molecule has 5 heterocycles. The molecule has 2 aromatic carbocycles. The number of hydrogen-bond donors (Lipinski definition) is 2. The topological polar surface area (TPSA) is 162 Å². The summed E-state index contributed by atoms with van der Waals surface area (Å²) in [5.74, 6) is 0.984. The number of carbonyl (C=O) groups excluding carboxylic acids is 3. The van der Waals surface area contributed by atoms with Crippen molar-refractivity contribution < 1.29 is 23.5 Å². The maximum Gasteiger partial charge on any atom is 0.328 e. The van der Waals surface area contributed by atoms with Gasteiger partial charge >= 0.3 is 6.03 Å². The van der Waals surface area contributed by atoms with Crippen LogP contribution < -0.4 is 25.2 Å². The Morgan fingerprint density at radius 2 is 1.74 bits per heavy atom. The summed E-state index contributed by atoms with van der Waals surface area (Å²) in [6.07, 6.45) is 12.2. The van der Waals surface area contributed by atoms with Crippen molar-refractivity contribution in [1.29, 1.82) is 5.26 Å². The van der Waals surface area contributed by atoms with Crippen LogP contribution in [0.15, 0.2) is 48.9 Å². The van der Waals surface area contributed by atoms with Gasteiger partial charge in [0, 0.05) is 63.2 Å². The molecule has 57 heavy (non-hydrogen) atoms. The van der Waals surface area contributed by atoms with Crippen LogP contribution in [0.3, 0.4) is 0 Å². The first-order valence-electron chi connectivity index (χ1n) is 19.5. The molecule has 0 unspecified atom stereocenters. The van der Waals surface area contributed by atoms with E-state index in [2.05, 4.69) is 41.6 Å². The minimum Gasteiger partial charge on any atom is -0.490 e. The first kappa shape index (κ1) is 40.2. The van der Waals surface area contributed by atoms with Gasteiger partial charge in [0.1, 0.15) is 29.1 Å². The minimum absolute atomic E-state index is 0. The zero-order valence-corrected chi connectivity index (χ0v) is 33.0. The molecule has 0 radical (unpaired) electrons. The van der Waals surface area contributed by atoms with Crippen LogP contribution in [0.1, 0.15) is 79.9 Å². The van der Waals surface area contributed by atoms with Gasteiger partial charge in [-0.05, 0) is 81.5 Å². The van der Waals surface area contributed by atoms with Gasteiger partial charge in [-0.15, -0.1) is 12.4 Å². The van der Waals surface area contributed by atoms with Crippen molar-refractivity contribution in [3.05, 3.63) is 71.0 Å². The van der Waals surface area contributed by atoms with Crippen molar-refractivity contribution in [3.8, 4) is 11.8 Å². The lowest BCUT2D eigenvalue weighted by Crippen LogP contribution is -2.49. The number of hydrogen-bond acceptors (Lipinski definition) is 10. The molecule has 3 saturated heterocycles. The highest BCUT2D eigenvalue weighted by Gasteiger charge is 2.30. The molecule has 2 N–H and O–H groups in total. The smallest absolute Gasteiger partial charge is 0.328 e. The summed E-state index contributed by atoms with van der Waals surface area (Å²) >= 11 is 6.14. The molecule has 4 aromatic rings. The molecule has 4 aliphatic rings. The molecule has 14 nitrogen and oxygen atoms in total. The Morgan fingerprint density at radius 3 is 2.42 bits per heavy atom. The first-order valence-corrected chi connectivity index (χ1v) is 19.8. The zero-order valence-electron chi connectivity index (χ0n) is 31.4. The Morgan fingerprint density at radius 1 is 0.965 bits per heavy atom. The number of nitrogens with zero attached hydrogens (tertiary/aromatic N) is 8. The fourth-order valence-corrected chi connectivity index (χ4v) is 8.71. The van der Waals surface area contributed by atoms with Crippen LogP contribution in [0.25, 0.3) is 10.9 Å². The van der Waals surface area contributed by atoms with Gasteiger partial charge in [0.25, 0.3) is 5.91 Å². The van der Waals surface area contributed by atoms with Crippen LogP contribution in [0, 0.1) is 23.1 Å². The number of amides is 4. The number of urea groups is 1. The summed E-state index contributed by atoms with van der Waals surface area (Å²) in [5, 5.41) is 20.2. The molecule has 0 bridgehead atoms. The largest absolute Gasteiger partial charge is 0.490 e. The van der Waals surface area contributed by atoms with Gasteiger partial charge < -0.3 is 19.9 Å². The number of anilines is 2. The standard InChI is InChI=1S/C40H44ClFN10O4.ClH/c41-33-19-31(4-1-26(33)20-43)56-30-5-2-28(3-6-30)47-39(54)34-22-45-37(23-44-34)50-14-7-25(8-15-50)24-49-12-9-29(10-13-49)52-36-18-27(42)17-35(32(36)21-46-52)51-16-11-38(53)48-40(51)55;/h1,4,17-19,21-23,25,28-30H,2-3,5-16,24H2,(H,47,54)(H,48,53,55);1H/t28-,30-;. The summed E-state index contributed by atoms with van der Waals surface area (Å²) in [5.41, 5.74) is 1.81. The number of fused-ring (bicyclic) bond motifs is 1. The van der Waals surface area contributed by atoms with Gasteiger partial charge in [-0.3, -0.25) is 24.5 Å².